The van der Waals surface area contributed by atoms with Crippen LogP contribution in [0, 0.1) is 0 Å². The molecule has 0 spiro atoms. The topological polar surface area (TPSA) is 74.8 Å². The smallest absolute Gasteiger partial charge is 0.264 e. The lowest BCUT2D eigenvalue weighted by Crippen LogP contribution is -2.38. The highest BCUT2D eigenvalue weighted by Gasteiger charge is 2.29. The third-order valence-electron chi connectivity index (χ3n) is 5.57. The predicted octanol–water partition coefficient (Wildman–Crippen LogP) is 4.54. The summed E-state index contributed by atoms with van der Waals surface area (Å²) in [6.07, 6.45) is 0.641. The lowest BCUT2D eigenvalue weighted by atomic mass is 10.1. The van der Waals surface area contributed by atoms with Crippen molar-refractivity contribution in [2.24, 2.45) is 0 Å². The van der Waals surface area contributed by atoms with E-state index in [0.29, 0.717) is 36.6 Å². The average molecular weight is 483 g/mol. The summed E-state index contributed by atoms with van der Waals surface area (Å²) in [6, 6.07) is 22.0. The molecule has 8 heteroatoms. The van der Waals surface area contributed by atoms with Gasteiger partial charge in [0.2, 0.25) is 0 Å². The van der Waals surface area contributed by atoms with Crippen LogP contribution in [0.5, 0.6) is 0 Å². The molecule has 0 aromatic heterocycles. The number of nitrogens with zero attached hydrogens (tertiary/aromatic N) is 2. The van der Waals surface area contributed by atoms with E-state index in [2.05, 4.69) is 0 Å². The minimum Gasteiger partial charge on any atom is -0.338 e. The molecular formula is C25H23ClN2O4S. The molecule has 33 heavy (non-hydrogen) atoms. The Morgan fingerprint density at radius 2 is 1.58 bits per heavy atom. The molecule has 0 unspecified atom stereocenters. The van der Waals surface area contributed by atoms with Crippen LogP contribution in [0.2, 0.25) is 5.02 Å². The van der Waals surface area contributed by atoms with Gasteiger partial charge in [-0.25, -0.2) is 8.42 Å². The zero-order chi connectivity index (χ0) is 23.4. The average Bonchev–Trinajstić information content (AvgIpc) is 2.84. The van der Waals surface area contributed by atoms with Gasteiger partial charge in [-0.15, -0.1) is 0 Å². The van der Waals surface area contributed by atoms with Gasteiger partial charge in [0.15, 0.2) is 0 Å². The first-order chi connectivity index (χ1) is 15.9. The van der Waals surface area contributed by atoms with E-state index >= 15 is 0 Å². The van der Waals surface area contributed by atoms with Crippen LogP contribution in [0.3, 0.4) is 0 Å². The van der Waals surface area contributed by atoms with Crippen LogP contribution >= 0.6 is 11.6 Å². The van der Waals surface area contributed by atoms with Gasteiger partial charge in [0.1, 0.15) is 5.78 Å². The molecule has 1 heterocycles. The van der Waals surface area contributed by atoms with Gasteiger partial charge in [-0.2, -0.15) is 0 Å². The van der Waals surface area contributed by atoms with Gasteiger partial charge in [-0.05, 0) is 35.9 Å². The minimum absolute atomic E-state index is 0.00251. The number of halogens is 1. The Kier molecular flexibility index (Phi) is 6.81. The summed E-state index contributed by atoms with van der Waals surface area (Å²) in [4.78, 5) is 26.0. The first-order valence-corrected chi connectivity index (χ1v) is 12.4. The van der Waals surface area contributed by atoms with Gasteiger partial charge in [-0.1, -0.05) is 60.1 Å². The molecule has 1 aliphatic heterocycles. The Morgan fingerprint density at radius 1 is 0.909 bits per heavy atom. The molecule has 4 rings (SSSR count). The number of piperidine rings is 1. The maximum atomic E-state index is 13.8. The molecule has 170 valence electrons. The summed E-state index contributed by atoms with van der Waals surface area (Å²) >= 11 is 6.38. The number of para-hydroxylation sites is 1. The Bertz CT molecular complexity index is 1270. The number of carbonyl (C=O) groups is 2. The number of benzene rings is 3. The standard InChI is InChI=1S/C25H23ClN2O4S/c26-23-11-4-5-12-24(23)28(18-19-7-2-1-3-8-19)33(31,32)22-10-6-9-20(17-22)25(30)27-15-13-21(29)14-16-27/h1-12,17H,13-16,18H2. The third-order valence-corrected chi connectivity index (χ3v) is 7.64. The van der Waals surface area contributed by atoms with Gasteiger partial charge in [0.05, 0.1) is 22.2 Å². The summed E-state index contributed by atoms with van der Waals surface area (Å²) in [5.74, 6) is -0.154. The fraction of sp³-hybridized carbons (Fsp3) is 0.200. The molecule has 3 aromatic rings. The van der Waals surface area contributed by atoms with Crippen molar-refractivity contribution in [1.82, 2.24) is 4.90 Å². The number of Topliss-reactive ketones (excluding diaryl/α,β-unsaturated/α-hetero) is 1. The summed E-state index contributed by atoms with van der Waals surface area (Å²) < 4.78 is 28.8. The second kappa shape index (κ2) is 9.77. The normalized spacial score (nSPS) is 14.2. The molecule has 0 N–H and O–H groups in total. The molecule has 1 amide bonds. The number of sulfonamides is 1. The number of ketones is 1. The quantitative estimate of drug-likeness (QED) is 0.517. The number of amides is 1. The summed E-state index contributed by atoms with van der Waals surface area (Å²) in [5.41, 5.74) is 1.42. The summed E-state index contributed by atoms with van der Waals surface area (Å²) in [5, 5.41) is 0.308. The second-order valence-corrected chi connectivity index (χ2v) is 10.1. The van der Waals surface area contributed by atoms with Crippen molar-refractivity contribution in [3.05, 3.63) is 95.0 Å². The van der Waals surface area contributed by atoms with Crippen molar-refractivity contribution in [1.29, 1.82) is 0 Å². The lowest BCUT2D eigenvalue weighted by molar-refractivity contribution is -0.120. The highest BCUT2D eigenvalue weighted by atomic mass is 35.5. The van der Waals surface area contributed by atoms with Crippen LogP contribution < -0.4 is 4.31 Å². The Hall–Kier alpha value is -3.16. The van der Waals surface area contributed by atoms with Crippen LogP contribution in [0.1, 0.15) is 28.8 Å². The molecule has 0 saturated carbocycles. The second-order valence-electron chi connectivity index (χ2n) is 7.81. The van der Waals surface area contributed by atoms with E-state index in [9.17, 15) is 18.0 Å². The van der Waals surface area contributed by atoms with E-state index in [4.69, 9.17) is 11.6 Å². The Labute approximate surface area is 198 Å². The van der Waals surface area contributed by atoms with Crippen molar-refractivity contribution >= 4 is 39.0 Å². The largest absolute Gasteiger partial charge is 0.338 e. The first kappa shape index (κ1) is 23.0. The SMILES string of the molecule is O=C1CCN(C(=O)c2cccc(S(=O)(=O)N(Cc3ccccc3)c3ccccc3Cl)c2)CC1. The zero-order valence-electron chi connectivity index (χ0n) is 17.9. The number of hydrogen-bond acceptors (Lipinski definition) is 4. The van der Waals surface area contributed by atoms with Crippen LogP contribution in [0.25, 0.3) is 0 Å². The first-order valence-electron chi connectivity index (χ1n) is 10.6. The maximum absolute atomic E-state index is 13.8. The van der Waals surface area contributed by atoms with Gasteiger partial charge < -0.3 is 4.90 Å². The monoisotopic (exact) mass is 482 g/mol. The van der Waals surface area contributed by atoms with Crippen molar-refractivity contribution in [2.45, 2.75) is 24.3 Å². The van der Waals surface area contributed by atoms with E-state index in [1.54, 1.807) is 41.3 Å². The number of carbonyl (C=O) groups excluding carboxylic acids is 2. The summed E-state index contributed by atoms with van der Waals surface area (Å²) in [6.45, 7) is 0.766. The van der Waals surface area contributed by atoms with Gasteiger partial charge in [0, 0.05) is 31.5 Å². The van der Waals surface area contributed by atoms with Crippen LogP contribution in [-0.4, -0.2) is 38.1 Å². The van der Waals surface area contributed by atoms with E-state index < -0.39 is 10.0 Å². The van der Waals surface area contributed by atoms with E-state index in [1.807, 2.05) is 30.3 Å². The minimum atomic E-state index is -4.05. The maximum Gasteiger partial charge on any atom is 0.264 e. The molecule has 1 aliphatic rings. The van der Waals surface area contributed by atoms with Crippen molar-refractivity contribution < 1.29 is 18.0 Å². The fourth-order valence-corrected chi connectivity index (χ4v) is 5.57. The third kappa shape index (κ3) is 5.10. The number of hydrogen-bond donors (Lipinski definition) is 0. The molecule has 0 aliphatic carbocycles. The Morgan fingerprint density at radius 3 is 2.27 bits per heavy atom. The molecular weight excluding hydrogens is 460 g/mol. The fourth-order valence-electron chi connectivity index (χ4n) is 3.76. The van der Waals surface area contributed by atoms with Gasteiger partial charge >= 0.3 is 0 Å². The molecule has 1 fully saturated rings. The number of anilines is 1. The van der Waals surface area contributed by atoms with E-state index in [-0.39, 0.29) is 28.7 Å². The van der Waals surface area contributed by atoms with Crippen molar-refractivity contribution in [3.63, 3.8) is 0 Å². The molecule has 6 nitrogen and oxygen atoms in total. The zero-order valence-corrected chi connectivity index (χ0v) is 19.4. The lowest BCUT2D eigenvalue weighted by Gasteiger charge is -2.27. The van der Waals surface area contributed by atoms with E-state index in [1.165, 1.54) is 16.4 Å². The molecule has 3 aromatic carbocycles. The molecule has 0 atom stereocenters. The van der Waals surface area contributed by atoms with Crippen molar-refractivity contribution in [2.75, 3.05) is 17.4 Å². The highest BCUT2D eigenvalue weighted by molar-refractivity contribution is 7.92. The summed E-state index contributed by atoms with van der Waals surface area (Å²) in [7, 11) is -4.05. The van der Waals surface area contributed by atoms with Crippen molar-refractivity contribution in [3.8, 4) is 0 Å². The van der Waals surface area contributed by atoms with Gasteiger partial charge in [-0.3, -0.25) is 13.9 Å². The highest BCUT2D eigenvalue weighted by Crippen LogP contribution is 2.32. The molecule has 0 radical (unpaired) electrons. The van der Waals surface area contributed by atoms with Crippen LogP contribution in [0.15, 0.2) is 83.8 Å². The predicted molar refractivity (Wildman–Crippen MR) is 128 cm³/mol. The van der Waals surface area contributed by atoms with E-state index in [0.717, 1.165) is 5.56 Å². The molecule has 1 saturated heterocycles. The van der Waals surface area contributed by atoms with Gasteiger partial charge in [0.25, 0.3) is 15.9 Å². The Balaban J connectivity index is 1.71. The number of rotatable bonds is 6. The van der Waals surface area contributed by atoms with Crippen LogP contribution in [-0.2, 0) is 21.4 Å². The number of likely N-dealkylation sites (tertiary alicyclic amines) is 1. The molecule has 0 bridgehead atoms. The van der Waals surface area contributed by atoms with Crippen LogP contribution in [0.4, 0.5) is 5.69 Å².